The van der Waals surface area contributed by atoms with Crippen molar-refractivity contribution in [3.8, 4) is 5.13 Å². The van der Waals surface area contributed by atoms with Gasteiger partial charge in [-0.2, -0.15) is 9.78 Å². The first kappa shape index (κ1) is 17.5. The number of aromatic nitrogens is 3. The van der Waals surface area contributed by atoms with Gasteiger partial charge in [0.2, 0.25) is 11.0 Å². The number of para-hydroxylation sites is 2. The number of hydrogen-bond acceptors (Lipinski definition) is 6. The van der Waals surface area contributed by atoms with Gasteiger partial charge in [-0.15, -0.1) is 0 Å². The number of thiazole rings is 1. The Hall–Kier alpha value is -3.59. The van der Waals surface area contributed by atoms with Crippen molar-refractivity contribution in [2.75, 3.05) is 5.32 Å². The summed E-state index contributed by atoms with van der Waals surface area (Å²) < 4.78 is 2.65. The van der Waals surface area contributed by atoms with Crippen LogP contribution in [0.15, 0.2) is 48.5 Å². The topological polar surface area (TPSA) is 103 Å². The second-order valence-corrected chi connectivity index (χ2v) is 7.85. The predicted molar refractivity (Wildman–Crippen MR) is 110 cm³/mol. The largest absolute Gasteiger partial charge is 0.310 e. The molecule has 3 heterocycles. The summed E-state index contributed by atoms with van der Waals surface area (Å²) in [5.74, 6) is -0.118. The molecule has 0 aliphatic carbocycles. The number of carbonyl (C=O) groups excluding carboxylic acids is 1. The van der Waals surface area contributed by atoms with Crippen molar-refractivity contribution in [3.63, 3.8) is 0 Å². The fourth-order valence-corrected chi connectivity index (χ4v) is 4.77. The molecule has 0 spiro atoms. The van der Waals surface area contributed by atoms with E-state index in [0.717, 1.165) is 15.8 Å². The van der Waals surface area contributed by atoms with Gasteiger partial charge in [0.05, 0.1) is 20.8 Å². The standard InChI is InChI=1S/C20H15N5O3S/c1-11-18-13(12-6-2-4-8-15(12)25(27)28)10-17(26)22-19(18)24(23-11)20-21-14-7-3-5-9-16(14)29-20/h2-9,13H,10H2,1H3,(H,22,26)/t13-/m0/s1. The maximum atomic E-state index is 12.5. The molecule has 144 valence electrons. The van der Waals surface area contributed by atoms with E-state index in [-0.39, 0.29) is 18.0 Å². The summed E-state index contributed by atoms with van der Waals surface area (Å²) in [6, 6.07) is 14.3. The second-order valence-electron chi connectivity index (χ2n) is 6.84. The van der Waals surface area contributed by atoms with Crippen LogP contribution in [-0.4, -0.2) is 25.6 Å². The third-order valence-electron chi connectivity index (χ3n) is 5.08. The number of rotatable bonds is 3. The first-order chi connectivity index (χ1) is 14.0. The van der Waals surface area contributed by atoms with E-state index < -0.39 is 10.8 Å². The molecule has 0 unspecified atom stereocenters. The average Bonchev–Trinajstić information content (AvgIpc) is 3.28. The number of nitrogens with one attached hydrogen (secondary N) is 1. The number of nitro groups is 1. The predicted octanol–water partition coefficient (Wildman–Crippen LogP) is 4.17. The summed E-state index contributed by atoms with van der Waals surface area (Å²) in [5, 5.41) is 19.7. The molecule has 2 aromatic carbocycles. The SMILES string of the molecule is Cc1nn(-c2nc3ccccc3s2)c2c1[C@H](c1ccccc1[N+](=O)[O-])CC(=O)N2. The maximum absolute atomic E-state index is 12.5. The summed E-state index contributed by atoms with van der Waals surface area (Å²) in [6.07, 6.45) is 0.129. The van der Waals surface area contributed by atoms with Crippen LogP contribution in [0, 0.1) is 17.0 Å². The Morgan fingerprint density at radius 2 is 1.97 bits per heavy atom. The van der Waals surface area contributed by atoms with E-state index in [0.29, 0.717) is 22.2 Å². The van der Waals surface area contributed by atoms with Crippen LogP contribution in [0.2, 0.25) is 0 Å². The van der Waals surface area contributed by atoms with E-state index in [1.165, 1.54) is 17.4 Å². The maximum Gasteiger partial charge on any atom is 0.273 e. The average molecular weight is 405 g/mol. The molecule has 1 amide bonds. The third kappa shape index (κ3) is 2.78. The van der Waals surface area contributed by atoms with Gasteiger partial charge in [0.1, 0.15) is 5.82 Å². The van der Waals surface area contributed by atoms with E-state index >= 15 is 0 Å². The molecule has 0 saturated carbocycles. The lowest BCUT2D eigenvalue weighted by Gasteiger charge is -2.23. The summed E-state index contributed by atoms with van der Waals surface area (Å²) in [4.78, 5) is 28.3. The van der Waals surface area contributed by atoms with Crippen LogP contribution in [0.1, 0.15) is 29.2 Å². The van der Waals surface area contributed by atoms with Gasteiger partial charge in [-0.25, -0.2) is 4.98 Å². The molecule has 2 aromatic heterocycles. The van der Waals surface area contributed by atoms with Crippen LogP contribution in [0.3, 0.4) is 0 Å². The molecule has 1 aliphatic rings. The first-order valence-corrected chi connectivity index (χ1v) is 9.83. The van der Waals surface area contributed by atoms with Crippen molar-refractivity contribution in [1.29, 1.82) is 0 Å². The molecule has 8 nitrogen and oxygen atoms in total. The van der Waals surface area contributed by atoms with Crippen molar-refractivity contribution in [2.24, 2.45) is 0 Å². The van der Waals surface area contributed by atoms with Crippen LogP contribution < -0.4 is 5.32 Å². The molecule has 0 radical (unpaired) electrons. The van der Waals surface area contributed by atoms with Crippen molar-refractivity contribution >= 4 is 39.0 Å². The van der Waals surface area contributed by atoms with Gasteiger partial charge >= 0.3 is 0 Å². The highest BCUT2D eigenvalue weighted by Gasteiger charge is 2.36. The Morgan fingerprint density at radius 3 is 2.76 bits per heavy atom. The molecule has 1 aliphatic heterocycles. The lowest BCUT2D eigenvalue weighted by atomic mass is 9.85. The lowest BCUT2D eigenvalue weighted by Crippen LogP contribution is -2.25. The third-order valence-corrected chi connectivity index (χ3v) is 6.09. The van der Waals surface area contributed by atoms with Crippen LogP contribution >= 0.6 is 11.3 Å². The number of carbonyl (C=O) groups is 1. The molecule has 9 heteroatoms. The van der Waals surface area contributed by atoms with E-state index in [9.17, 15) is 14.9 Å². The summed E-state index contributed by atoms with van der Waals surface area (Å²) in [7, 11) is 0. The van der Waals surface area contributed by atoms with Gasteiger partial charge in [-0.05, 0) is 19.1 Å². The molecule has 5 rings (SSSR count). The number of fused-ring (bicyclic) bond motifs is 2. The molecule has 0 fully saturated rings. The van der Waals surface area contributed by atoms with Crippen LogP contribution in [0.25, 0.3) is 15.3 Å². The van der Waals surface area contributed by atoms with Crippen molar-refractivity contribution in [1.82, 2.24) is 14.8 Å². The molecular formula is C20H15N5O3S. The van der Waals surface area contributed by atoms with E-state index in [4.69, 9.17) is 0 Å². The van der Waals surface area contributed by atoms with Crippen LogP contribution in [0.5, 0.6) is 0 Å². The Morgan fingerprint density at radius 1 is 1.21 bits per heavy atom. The highest BCUT2D eigenvalue weighted by Crippen LogP contribution is 2.43. The highest BCUT2D eigenvalue weighted by atomic mass is 32.1. The zero-order chi connectivity index (χ0) is 20.1. The number of anilines is 1. The zero-order valence-electron chi connectivity index (χ0n) is 15.3. The number of nitro benzene ring substituents is 1. The fourth-order valence-electron chi connectivity index (χ4n) is 3.85. The Kier molecular flexibility index (Phi) is 3.92. The zero-order valence-corrected chi connectivity index (χ0v) is 16.1. The Labute approximate surface area is 169 Å². The molecule has 1 N–H and O–H groups in total. The summed E-state index contributed by atoms with van der Waals surface area (Å²) >= 11 is 1.47. The van der Waals surface area contributed by atoms with Gasteiger partial charge in [0.25, 0.3) is 5.69 Å². The minimum Gasteiger partial charge on any atom is -0.310 e. The van der Waals surface area contributed by atoms with Crippen LogP contribution in [0.4, 0.5) is 11.5 Å². The minimum atomic E-state index is -0.441. The number of amides is 1. The molecule has 0 saturated heterocycles. The fraction of sp³-hybridized carbons (Fsp3) is 0.150. The van der Waals surface area contributed by atoms with E-state index in [2.05, 4.69) is 15.4 Å². The number of hydrogen-bond donors (Lipinski definition) is 1. The van der Waals surface area contributed by atoms with E-state index in [1.807, 2.05) is 31.2 Å². The smallest absolute Gasteiger partial charge is 0.273 e. The lowest BCUT2D eigenvalue weighted by molar-refractivity contribution is -0.385. The number of benzene rings is 2. The van der Waals surface area contributed by atoms with Gasteiger partial charge in [0.15, 0.2) is 0 Å². The summed E-state index contributed by atoms with van der Waals surface area (Å²) in [5.41, 5.74) is 2.87. The van der Waals surface area contributed by atoms with Gasteiger partial charge in [-0.3, -0.25) is 14.9 Å². The van der Waals surface area contributed by atoms with Gasteiger partial charge in [0, 0.05) is 29.5 Å². The summed E-state index contributed by atoms with van der Waals surface area (Å²) in [6.45, 7) is 1.85. The molecule has 1 atom stereocenters. The van der Waals surface area contributed by atoms with Gasteiger partial charge < -0.3 is 5.32 Å². The number of aryl methyl sites for hydroxylation is 1. The normalized spacial score (nSPS) is 15.9. The molecule has 29 heavy (non-hydrogen) atoms. The second kappa shape index (κ2) is 6.49. The molecule has 0 bridgehead atoms. The first-order valence-electron chi connectivity index (χ1n) is 9.01. The monoisotopic (exact) mass is 405 g/mol. The minimum absolute atomic E-state index is 0.00490. The Bertz CT molecular complexity index is 1260. The number of nitrogens with zero attached hydrogens (tertiary/aromatic N) is 4. The quantitative estimate of drug-likeness (QED) is 0.407. The Balaban J connectivity index is 1.70. The van der Waals surface area contributed by atoms with Crippen molar-refractivity contribution < 1.29 is 9.72 Å². The van der Waals surface area contributed by atoms with E-state index in [1.54, 1.807) is 22.9 Å². The van der Waals surface area contributed by atoms with Gasteiger partial charge in [-0.1, -0.05) is 41.7 Å². The van der Waals surface area contributed by atoms with Crippen molar-refractivity contribution in [2.45, 2.75) is 19.3 Å². The molecule has 4 aromatic rings. The van der Waals surface area contributed by atoms with Crippen LogP contribution in [-0.2, 0) is 4.79 Å². The molecular weight excluding hydrogens is 390 g/mol. The van der Waals surface area contributed by atoms with Crippen molar-refractivity contribution in [3.05, 3.63) is 75.5 Å². The highest BCUT2D eigenvalue weighted by molar-refractivity contribution is 7.20.